The fourth-order valence-corrected chi connectivity index (χ4v) is 6.07. The van der Waals surface area contributed by atoms with Gasteiger partial charge in [-0.05, 0) is 73.2 Å². The van der Waals surface area contributed by atoms with Crippen molar-refractivity contribution >= 4 is 11.8 Å². The van der Waals surface area contributed by atoms with Gasteiger partial charge in [-0.25, -0.2) is 4.79 Å². The van der Waals surface area contributed by atoms with Gasteiger partial charge in [0.2, 0.25) is 0 Å². The molecule has 0 radical (unpaired) electrons. The number of carbonyl (C=O) groups excluding carboxylic acids is 2. The number of rotatable bonds is 13. The van der Waals surface area contributed by atoms with Gasteiger partial charge >= 0.3 is 5.97 Å². The van der Waals surface area contributed by atoms with Crippen molar-refractivity contribution < 1.29 is 38.0 Å². The Kier molecular flexibility index (Phi) is 10.5. The molecule has 1 aliphatic heterocycles. The summed E-state index contributed by atoms with van der Waals surface area (Å²) in [4.78, 5) is 27.9. The summed E-state index contributed by atoms with van der Waals surface area (Å²) in [5.41, 5.74) is 4.05. The Morgan fingerprint density at radius 1 is 0.783 bits per heavy atom. The summed E-state index contributed by atoms with van der Waals surface area (Å²) in [6, 6.07) is 20.7. The maximum atomic E-state index is 14.1. The van der Waals surface area contributed by atoms with Crippen molar-refractivity contribution in [1.82, 2.24) is 5.32 Å². The first-order chi connectivity index (χ1) is 22.4. The van der Waals surface area contributed by atoms with Crippen molar-refractivity contribution in [2.75, 3.05) is 41.2 Å². The molecule has 0 unspecified atom stereocenters. The molecule has 0 bridgehead atoms. The normalized spacial score (nSPS) is 17.5. The van der Waals surface area contributed by atoms with Crippen molar-refractivity contribution in [3.63, 3.8) is 0 Å². The molecule has 3 aromatic carbocycles. The lowest BCUT2D eigenvalue weighted by molar-refractivity contribution is -0.140. The topological polar surface area (TPSA) is 102 Å². The summed E-state index contributed by atoms with van der Waals surface area (Å²) >= 11 is 0. The third kappa shape index (κ3) is 6.98. The van der Waals surface area contributed by atoms with E-state index in [4.69, 9.17) is 28.4 Å². The number of esters is 1. The van der Waals surface area contributed by atoms with Gasteiger partial charge in [-0.2, -0.15) is 0 Å². The van der Waals surface area contributed by atoms with E-state index in [0.29, 0.717) is 58.6 Å². The van der Waals surface area contributed by atoms with E-state index in [0.717, 1.165) is 23.2 Å². The van der Waals surface area contributed by atoms with Gasteiger partial charge in [-0.3, -0.25) is 4.79 Å². The van der Waals surface area contributed by atoms with Crippen LogP contribution in [0.2, 0.25) is 0 Å². The van der Waals surface area contributed by atoms with Crippen LogP contribution >= 0.6 is 0 Å². The highest BCUT2D eigenvalue weighted by Crippen LogP contribution is 2.47. The lowest BCUT2D eigenvalue weighted by atomic mass is 9.71. The van der Waals surface area contributed by atoms with Crippen LogP contribution in [-0.2, 0) is 14.3 Å². The number of nitrogens with one attached hydrogen (secondary N) is 1. The van der Waals surface area contributed by atoms with Crippen LogP contribution in [0.3, 0.4) is 0 Å². The van der Waals surface area contributed by atoms with Crippen LogP contribution < -0.4 is 29.0 Å². The first-order valence-corrected chi connectivity index (χ1v) is 15.5. The third-order valence-electron chi connectivity index (χ3n) is 8.24. The molecule has 0 amide bonds. The fourth-order valence-electron chi connectivity index (χ4n) is 6.07. The predicted octanol–water partition coefficient (Wildman–Crippen LogP) is 6.49. The van der Waals surface area contributed by atoms with Crippen LogP contribution in [0.25, 0.3) is 0 Å². The van der Waals surface area contributed by atoms with Crippen molar-refractivity contribution in [3.8, 4) is 28.7 Å². The Morgan fingerprint density at radius 2 is 1.46 bits per heavy atom. The second-order valence-electron chi connectivity index (χ2n) is 11.2. The molecule has 9 nitrogen and oxygen atoms in total. The minimum absolute atomic E-state index is 0.0472. The molecule has 1 aliphatic carbocycles. The first kappa shape index (κ1) is 32.5. The number of benzene rings is 3. The van der Waals surface area contributed by atoms with Gasteiger partial charge in [-0.15, -0.1) is 0 Å². The lowest BCUT2D eigenvalue weighted by Crippen LogP contribution is -2.36. The SMILES string of the molecule is CCCOc1ccc([C@@H]2C(C(=O)OCCOc3ccccc3)=C(C)NC3=C2C(=O)C[C@@H](c2ccc(OC)c(OC)c2)C3)cc1OC. The largest absolute Gasteiger partial charge is 0.493 e. The zero-order chi connectivity index (χ0) is 32.6. The number of dihydropyridines is 1. The Bertz CT molecular complexity index is 1630. The van der Waals surface area contributed by atoms with Gasteiger partial charge in [0.15, 0.2) is 28.8 Å². The highest BCUT2D eigenvalue weighted by Gasteiger charge is 2.42. The Hall–Kier alpha value is -4.92. The average molecular weight is 628 g/mol. The quantitative estimate of drug-likeness (QED) is 0.168. The van der Waals surface area contributed by atoms with E-state index in [2.05, 4.69) is 5.32 Å². The van der Waals surface area contributed by atoms with Crippen LogP contribution in [0.4, 0.5) is 0 Å². The van der Waals surface area contributed by atoms with Crippen molar-refractivity contribution in [2.24, 2.45) is 0 Å². The first-order valence-electron chi connectivity index (χ1n) is 15.5. The van der Waals surface area contributed by atoms with E-state index in [-0.39, 0.29) is 31.3 Å². The van der Waals surface area contributed by atoms with Crippen LogP contribution in [0.5, 0.6) is 28.7 Å². The van der Waals surface area contributed by atoms with Crippen molar-refractivity contribution in [2.45, 2.75) is 44.9 Å². The number of hydrogen-bond donors (Lipinski definition) is 1. The van der Waals surface area contributed by atoms with Gasteiger partial charge in [0.1, 0.15) is 19.0 Å². The average Bonchev–Trinajstić information content (AvgIpc) is 3.08. The summed E-state index contributed by atoms with van der Waals surface area (Å²) < 4.78 is 34.0. The summed E-state index contributed by atoms with van der Waals surface area (Å²) in [5.74, 6) is 1.74. The van der Waals surface area contributed by atoms with E-state index < -0.39 is 11.9 Å². The number of Topliss-reactive ketones (excluding diaryl/α,β-unsaturated/α-hetero) is 1. The van der Waals surface area contributed by atoms with Crippen LogP contribution in [0.15, 0.2) is 89.3 Å². The third-order valence-corrected chi connectivity index (χ3v) is 8.24. The van der Waals surface area contributed by atoms with Crippen molar-refractivity contribution in [3.05, 3.63) is 100 Å². The maximum absolute atomic E-state index is 14.1. The molecule has 0 saturated heterocycles. The van der Waals surface area contributed by atoms with E-state index in [1.54, 1.807) is 21.3 Å². The van der Waals surface area contributed by atoms with Crippen LogP contribution in [0, 0.1) is 0 Å². The maximum Gasteiger partial charge on any atom is 0.336 e. The van der Waals surface area contributed by atoms with E-state index in [1.807, 2.05) is 80.6 Å². The molecule has 1 N–H and O–H groups in total. The minimum atomic E-state index is -0.660. The van der Waals surface area contributed by atoms with Gasteiger partial charge in [0.05, 0.1) is 33.5 Å². The highest BCUT2D eigenvalue weighted by molar-refractivity contribution is 6.04. The van der Waals surface area contributed by atoms with Gasteiger partial charge in [0, 0.05) is 29.3 Å². The molecule has 2 aliphatic rings. The monoisotopic (exact) mass is 627 g/mol. The van der Waals surface area contributed by atoms with Gasteiger partial charge in [0.25, 0.3) is 0 Å². The molecule has 0 saturated carbocycles. The number of ether oxygens (including phenoxy) is 6. The molecule has 0 fully saturated rings. The lowest BCUT2D eigenvalue weighted by Gasteiger charge is -2.37. The second-order valence-corrected chi connectivity index (χ2v) is 11.2. The Balaban J connectivity index is 1.47. The Labute approximate surface area is 270 Å². The summed E-state index contributed by atoms with van der Waals surface area (Å²) in [6.07, 6.45) is 1.69. The molecule has 1 heterocycles. The molecule has 9 heteroatoms. The number of allylic oxidation sites excluding steroid dienone is 3. The molecule has 3 aromatic rings. The Morgan fingerprint density at radius 3 is 2.17 bits per heavy atom. The second kappa shape index (κ2) is 14.9. The van der Waals surface area contributed by atoms with Gasteiger partial charge < -0.3 is 33.7 Å². The standard InChI is InChI=1S/C37H41NO8/c1-6-16-45-31-15-13-25(22-33(31)43-5)35-34(37(40)46-18-17-44-27-10-8-7-9-11-27)23(2)38-28-19-26(20-29(39)36(28)35)24-12-14-30(41-3)32(21-24)42-4/h7-15,21-22,26,35,38H,6,16-20H2,1-5H3/t26-,35+/m0/s1. The zero-order valence-corrected chi connectivity index (χ0v) is 27.0. The van der Waals surface area contributed by atoms with E-state index >= 15 is 0 Å². The molecule has 0 spiro atoms. The summed E-state index contributed by atoms with van der Waals surface area (Å²) in [7, 11) is 4.76. The van der Waals surface area contributed by atoms with E-state index in [9.17, 15) is 9.59 Å². The fraction of sp³-hybridized carbons (Fsp3) is 0.351. The highest BCUT2D eigenvalue weighted by atomic mass is 16.6. The summed E-state index contributed by atoms with van der Waals surface area (Å²) in [6.45, 7) is 4.65. The molecule has 242 valence electrons. The predicted molar refractivity (Wildman–Crippen MR) is 174 cm³/mol. The smallest absolute Gasteiger partial charge is 0.336 e. The number of hydrogen-bond acceptors (Lipinski definition) is 9. The van der Waals surface area contributed by atoms with Crippen LogP contribution in [-0.4, -0.2) is 52.9 Å². The molecule has 46 heavy (non-hydrogen) atoms. The van der Waals surface area contributed by atoms with Crippen LogP contribution in [0.1, 0.15) is 56.1 Å². The van der Waals surface area contributed by atoms with E-state index in [1.165, 1.54) is 0 Å². The number of carbonyl (C=O) groups is 2. The van der Waals surface area contributed by atoms with Crippen molar-refractivity contribution in [1.29, 1.82) is 0 Å². The number of para-hydroxylation sites is 1. The molecular weight excluding hydrogens is 586 g/mol. The molecule has 5 rings (SSSR count). The minimum Gasteiger partial charge on any atom is -0.493 e. The molecule has 2 atom stereocenters. The summed E-state index contributed by atoms with van der Waals surface area (Å²) in [5, 5.41) is 3.41. The molecule has 0 aromatic heterocycles. The molecular formula is C37H41NO8. The van der Waals surface area contributed by atoms with Gasteiger partial charge in [-0.1, -0.05) is 37.3 Å². The zero-order valence-electron chi connectivity index (χ0n) is 27.0. The number of methoxy groups -OCH3 is 3. The number of ketones is 1.